The highest BCUT2D eigenvalue weighted by atomic mass is 19.2. The maximum atomic E-state index is 13.2. The van der Waals surface area contributed by atoms with Crippen LogP contribution in [0, 0.1) is 11.6 Å². The van der Waals surface area contributed by atoms with E-state index in [4.69, 9.17) is 0 Å². The average molecular weight is 413 g/mol. The Morgan fingerprint density at radius 1 is 1.03 bits per heavy atom. The summed E-state index contributed by atoms with van der Waals surface area (Å²) in [4.78, 5) is 28.7. The number of benzene rings is 2. The number of H-pyrrole nitrogens is 1. The Balaban J connectivity index is 1.26. The van der Waals surface area contributed by atoms with Gasteiger partial charge in [-0.05, 0) is 18.2 Å². The molecule has 1 aliphatic heterocycles. The summed E-state index contributed by atoms with van der Waals surface area (Å²) in [6.45, 7) is 2.90. The first kappa shape index (κ1) is 20.0. The Hall–Kier alpha value is -3.33. The lowest BCUT2D eigenvalue weighted by molar-refractivity contribution is -0.116. The van der Waals surface area contributed by atoms with Crippen LogP contribution in [0.1, 0.15) is 16.9 Å². The molecule has 4 rings (SSSR count). The predicted molar refractivity (Wildman–Crippen MR) is 108 cm³/mol. The fourth-order valence-electron chi connectivity index (χ4n) is 3.51. The number of aromatic nitrogens is 2. The Morgan fingerprint density at radius 3 is 2.57 bits per heavy atom. The van der Waals surface area contributed by atoms with Gasteiger partial charge >= 0.3 is 0 Å². The van der Waals surface area contributed by atoms with Crippen LogP contribution in [-0.4, -0.2) is 64.5 Å². The number of hydrogen-bond donors (Lipinski definition) is 2. The molecule has 7 nitrogen and oxygen atoms in total. The second kappa shape index (κ2) is 8.58. The number of nitrogens with one attached hydrogen (secondary N) is 2. The van der Waals surface area contributed by atoms with Gasteiger partial charge in [-0.25, -0.2) is 8.78 Å². The van der Waals surface area contributed by atoms with E-state index in [0.717, 1.165) is 23.0 Å². The van der Waals surface area contributed by atoms with E-state index in [-0.39, 0.29) is 23.9 Å². The van der Waals surface area contributed by atoms with E-state index in [2.05, 4.69) is 20.4 Å². The first-order valence-corrected chi connectivity index (χ1v) is 9.71. The minimum absolute atomic E-state index is 0.108. The minimum Gasteiger partial charge on any atom is -0.335 e. The molecule has 0 bridgehead atoms. The molecule has 0 aliphatic carbocycles. The lowest BCUT2D eigenvalue weighted by Crippen LogP contribution is -2.49. The van der Waals surface area contributed by atoms with Gasteiger partial charge in [-0.15, -0.1) is 0 Å². The average Bonchev–Trinajstić information content (AvgIpc) is 3.19. The molecule has 0 atom stereocenters. The van der Waals surface area contributed by atoms with Gasteiger partial charge in [0.25, 0.3) is 5.91 Å². The van der Waals surface area contributed by atoms with Gasteiger partial charge in [0.15, 0.2) is 17.3 Å². The molecule has 3 aromatic rings. The molecule has 30 heavy (non-hydrogen) atoms. The number of piperazine rings is 1. The first-order valence-electron chi connectivity index (χ1n) is 9.71. The molecule has 0 spiro atoms. The highest BCUT2D eigenvalue weighted by Crippen LogP contribution is 2.18. The molecule has 156 valence electrons. The van der Waals surface area contributed by atoms with Crippen molar-refractivity contribution >= 4 is 28.4 Å². The number of rotatable bonds is 5. The third-order valence-electron chi connectivity index (χ3n) is 5.19. The van der Waals surface area contributed by atoms with Crippen LogP contribution in [0.2, 0.25) is 0 Å². The Labute approximate surface area is 171 Å². The standard InChI is InChI=1S/C21H21F2N5O2/c22-16-6-5-14(13-17(16)23)24-19(29)7-8-27-9-11-28(12-10-27)21(30)20-15-3-1-2-4-18(15)25-26-20/h1-6,13H,7-12H2,(H,24,29)(H,25,26). The molecule has 1 fully saturated rings. The lowest BCUT2D eigenvalue weighted by Gasteiger charge is -2.34. The van der Waals surface area contributed by atoms with Gasteiger partial charge in [0.1, 0.15) is 0 Å². The number of para-hydroxylation sites is 1. The molecule has 0 unspecified atom stereocenters. The van der Waals surface area contributed by atoms with Crippen LogP contribution in [0.15, 0.2) is 42.5 Å². The van der Waals surface area contributed by atoms with Crippen molar-refractivity contribution in [3.8, 4) is 0 Å². The van der Waals surface area contributed by atoms with Gasteiger partial charge in [0.05, 0.1) is 5.52 Å². The van der Waals surface area contributed by atoms with E-state index in [9.17, 15) is 18.4 Å². The van der Waals surface area contributed by atoms with Gasteiger partial charge in [-0.3, -0.25) is 19.6 Å². The third kappa shape index (κ3) is 4.30. The van der Waals surface area contributed by atoms with E-state index in [1.807, 2.05) is 24.3 Å². The Morgan fingerprint density at radius 2 is 1.80 bits per heavy atom. The maximum absolute atomic E-state index is 13.2. The number of aromatic amines is 1. The molecule has 0 radical (unpaired) electrons. The molecule has 2 heterocycles. The monoisotopic (exact) mass is 413 g/mol. The summed E-state index contributed by atoms with van der Waals surface area (Å²) in [6, 6.07) is 10.8. The van der Waals surface area contributed by atoms with E-state index in [0.29, 0.717) is 38.4 Å². The van der Waals surface area contributed by atoms with Crippen molar-refractivity contribution in [2.24, 2.45) is 0 Å². The summed E-state index contributed by atoms with van der Waals surface area (Å²) in [7, 11) is 0. The van der Waals surface area contributed by atoms with E-state index >= 15 is 0 Å². The molecule has 2 amide bonds. The maximum Gasteiger partial charge on any atom is 0.275 e. The number of halogens is 2. The first-order chi connectivity index (χ1) is 14.5. The summed E-state index contributed by atoms with van der Waals surface area (Å²) < 4.78 is 26.2. The van der Waals surface area contributed by atoms with Crippen molar-refractivity contribution in [3.05, 3.63) is 59.8 Å². The van der Waals surface area contributed by atoms with Crippen LogP contribution in [0.4, 0.5) is 14.5 Å². The zero-order valence-corrected chi connectivity index (χ0v) is 16.2. The largest absolute Gasteiger partial charge is 0.335 e. The third-order valence-corrected chi connectivity index (χ3v) is 5.19. The molecule has 9 heteroatoms. The number of fused-ring (bicyclic) bond motifs is 1. The molecular formula is C21H21F2N5O2. The van der Waals surface area contributed by atoms with Crippen molar-refractivity contribution in [1.29, 1.82) is 0 Å². The number of hydrogen-bond acceptors (Lipinski definition) is 4. The molecule has 2 N–H and O–H groups in total. The summed E-state index contributed by atoms with van der Waals surface area (Å²) in [6.07, 6.45) is 0.219. The zero-order chi connectivity index (χ0) is 21.1. The Bertz CT molecular complexity index is 1080. The number of carbonyl (C=O) groups is 2. The van der Waals surface area contributed by atoms with Crippen LogP contribution >= 0.6 is 0 Å². The molecular weight excluding hydrogens is 392 g/mol. The highest BCUT2D eigenvalue weighted by molar-refractivity contribution is 6.04. The van der Waals surface area contributed by atoms with Crippen LogP contribution in [0.5, 0.6) is 0 Å². The SMILES string of the molecule is O=C(CCN1CCN(C(=O)c2n[nH]c3ccccc23)CC1)Nc1ccc(F)c(F)c1. The van der Waals surface area contributed by atoms with Crippen LogP contribution < -0.4 is 5.32 Å². The van der Waals surface area contributed by atoms with Crippen molar-refractivity contribution in [1.82, 2.24) is 20.0 Å². The normalized spacial score (nSPS) is 14.8. The quantitative estimate of drug-likeness (QED) is 0.674. The van der Waals surface area contributed by atoms with E-state index < -0.39 is 11.6 Å². The van der Waals surface area contributed by atoms with Crippen molar-refractivity contribution < 1.29 is 18.4 Å². The van der Waals surface area contributed by atoms with Gasteiger partial charge in [0, 0.05) is 56.3 Å². The zero-order valence-electron chi connectivity index (χ0n) is 16.2. The fraction of sp³-hybridized carbons (Fsp3) is 0.286. The molecule has 1 saturated heterocycles. The summed E-state index contributed by atoms with van der Waals surface area (Å²) in [5.41, 5.74) is 1.47. The van der Waals surface area contributed by atoms with Crippen LogP contribution in [-0.2, 0) is 4.79 Å². The molecule has 0 saturated carbocycles. The summed E-state index contributed by atoms with van der Waals surface area (Å²) >= 11 is 0. The smallest absolute Gasteiger partial charge is 0.275 e. The molecule has 1 aliphatic rings. The van der Waals surface area contributed by atoms with Gasteiger partial charge in [0.2, 0.25) is 5.91 Å². The predicted octanol–water partition coefficient (Wildman–Crippen LogP) is 2.63. The number of nitrogens with zero attached hydrogens (tertiary/aromatic N) is 3. The molecule has 1 aromatic heterocycles. The van der Waals surface area contributed by atoms with Crippen molar-refractivity contribution in [2.75, 3.05) is 38.0 Å². The topological polar surface area (TPSA) is 81.3 Å². The van der Waals surface area contributed by atoms with Gasteiger partial charge in [-0.1, -0.05) is 18.2 Å². The second-order valence-electron chi connectivity index (χ2n) is 7.18. The van der Waals surface area contributed by atoms with E-state index in [1.165, 1.54) is 6.07 Å². The van der Waals surface area contributed by atoms with Gasteiger partial charge in [-0.2, -0.15) is 5.10 Å². The summed E-state index contributed by atoms with van der Waals surface area (Å²) in [5.74, 6) is -2.34. The highest BCUT2D eigenvalue weighted by Gasteiger charge is 2.25. The second-order valence-corrected chi connectivity index (χ2v) is 7.18. The fourth-order valence-corrected chi connectivity index (χ4v) is 3.51. The number of carbonyl (C=O) groups excluding carboxylic acids is 2. The lowest BCUT2D eigenvalue weighted by atomic mass is 10.2. The van der Waals surface area contributed by atoms with Crippen LogP contribution in [0.3, 0.4) is 0 Å². The minimum atomic E-state index is -1.00. The van der Waals surface area contributed by atoms with Crippen LogP contribution in [0.25, 0.3) is 10.9 Å². The number of amides is 2. The molecule has 2 aromatic carbocycles. The summed E-state index contributed by atoms with van der Waals surface area (Å²) in [5, 5.41) is 10.4. The Kier molecular flexibility index (Phi) is 5.71. The van der Waals surface area contributed by atoms with Gasteiger partial charge < -0.3 is 10.2 Å². The van der Waals surface area contributed by atoms with E-state index in [1.54, 1.807) is 4.90 Å². The van der Waals surface area contributed by atoms with Crippen molar-refractivity contribution in [2.45, 2.75) is 6.42 Å². The van der Waals surface area contributed by atoms with Crippen molar-refractivity contribution in [3.63, 3.8) is 0 Å². The number of anilines is 1.